The lowest BCUT2D eigenvalue weighted by molar-refractivity contribution is 0.600. The summed E-state index contributed by atoms with van der Waals surface area (Å²) in [5, 5.41) is 0. The van der Waals surface area contributed by atoms with Crippen LogP contribution < -0.4 is 9.44 Å². The Hall–Kier alpha value is -2.84. The summed E-state index contributed by atoms with van der Waals surface area (Å²) in [6.07, 6.45) is 3.04. The first-order valence-electron chi connectivity index (χ1n) is 10.8. The van der Waals surface area contributed by atoms with Gasteiger partial charge in [0.05, 0.1) is 15.5 Å². The Labute approximate surface area is 197 Å². The fraction of sp³-hybridized carbons (Fsp3) is 0.280. The van der Waals surface area contributed by atoms with Gasteiger partial charge in [-0.2, -0.15) is 0 Å². The molecule has 0 spiro atoms. The molecule has 0 heterocycles. The number of aryl methyl sites for hydroxylation is 4. The van der Waals surface area contributed by atoms with Crippen molar-refractivity contribution >= 4 is 31.4 Å². The summed E-state index contributed by atoms with van der Waals surface area (Å²) >= 11 is 0. The maximum Gasteiger partial charge on any atom is 0.261 e. The van der Waals surface area contributed by atoms with Crippen LogP contribution in [0.3, 0.4) is 0 Å². The summed E-state index contributed by atoms with van der Waals surface area (Å²) in [7, 11) is -7.60. The standard InChI is InChI=1S/C25H30N2O4S2/c1-5-6-7-21-8-12-23(13-9-21)32(28,29)26-22-10-14-24(15-11-22)33(30,31)27-25-19(3)16-18(2)17-20(25)4/h8-17,26-27H,5-7H2,1-4H3. The molecular weight excluding hydrogens is 456 g/mol. The molecule has 0 aliphatic rings. The lowest BCUT2D eigenvalue weighted by atomic mass is 10.1. The molecule has 3 rings (SSSR count). The van der Waals surface area contributed by atoms with E-state index in [1.165, 1.54) is 24.3 Å². The van der Waals surface area contributed by atoms with Gasteiger partial charge in [-0.25, -0.2) is 16.8 Å². The van der Waals surface area contributed by atoms with E-state index < -0.39 is 20.0 Å². The van der Waals surface area contributed by atoms with E-state index in [1.54, 1.807) is 12.1 Å². The number of benzene rings is 3. The van der Waals surface area contributed by atoms with Crippen LogP contribution in [0.2, 0.25) is 0 Å². The molecule has 3 aromatic rings. The van der Waals surface area contributed by atoms with E-state index in [-0.39, 0.29) is 15.5 Å². The van der Waals surface area contributed by atoms with Gasteiger partial charge >= 0.3 is 0 Å². The predicted octanol–water partition coefficient (Wildman–Crippen LogP) is 5.56. The van der Waals surface area contributed by atoms with E-state index in [0.29, 0.717) is 5.69 Å². The SMILES string of the molecule is CCCCc1ccc(S(=O)(=O)Nc2ccc(S(=O)(=O)Nc3c(C)cc(C)cc3C)cc2)cc1. The molecule has 33 heavy (non-hydrogen) atoms. The summed E-state index contributed by atoms with van der Waals surface area (Å²) in [5.74, 6) is 0. The normalized spacial score (nSPS) is 11.9. The van der Waals surface area contributed by atoms with Gasteiger partial charge in [0.25, 0.3) is 20.0 Å². The van der Waals surface area contributed by atoms with Crippen molar-refractivity contribution in [2.75, 3.05) is 9.44 Å². The summed E-state index contributed by atoms with van der Waals surface area (Å²) in [6.45, 7) is 7.77. The maximum absolute atomic E-state index is 12.9. The lowest BCUT2D eigenvalue weighted by Gasteiger charge is -2.15. The van der Waals surface area contributed by atoms with Gasteiger partial charge in [-0.3, -0.25) is 9.44 Å². The summed E-state index contributed by atoms with van der Waals surface area (Å²) in [6, 6.07) is 16.3. The van der Waals surface area contributed by atoms with Crippen LogP contribution in [0.25, 0.3) is 0 Å². The molecule has 0 aromatic heterocycles. The number of rotatable bonds is 9. The average Bonchev–Trinajstić information content (AvgIpc) is 2.75. The molecule has 2 N–H and O–H groups in total. The molecule has 6 nitrogen and oxygen atoms in total. The molecule has 0 bridgehead atoms. The van der Waals surface area contributed by atoms with Crippen molar-refractivity contribution in [3.63, 3.8) is 0 Å². The van der Waals surface area contributed by atoms with Crippen LogP contribution in [0.4, 0.5) is 11.4 Å². The quantitative estimate of drug-likeness (QED) is 0.414. The van der Waals surface area contributed by atoms with Gasteiger partial charge in [0, 0.05) is 5.69 Å². The highest BCUT2D eigenvalue weighted by Gasteiger charge is 2.18. The average molecular weight is 487 g/mol. The van der Waals surface area contributed by atoms with E-state index in [2.05, 4.69) is 16.4 Å². The van der Waals surface area contributed by atoms with Crippen molar-refractivity contribution in [2.24, 2.45) is 0 Å². The summed E-state index contributed by atoms with van der Waals surface area (Å²) < 4.78 is 56.3. The first-order valence-corrected chi connectivity index (χ1v) is 13.8. The zero-order chi connectivity index (χ0) is 24.2. The minimum Gasteiger partial charge on any atom is -0.280 e. The smallest absolute Gasteiger partial charge is 0.261 e. The molecule has 0 unspecified atom stereocenters. The van der Waals surface area contributed by atoms with E-state index in [4.69, 9.17) is 0 Å². The van der Waals surface area contributed by atoms with Crippen LogP contribution in [0.5, 0.6) is 0 Å². The van der Waals surface area contributed by atoms with Crippen molar-refractivity contribution in [1.29, 1.82) is 0 Å². The Bertz CT molecular complexity index is 1310. The Kier molecular flexibility index (Phi) is 7.49. The Morgan fingerprint density at radius 1 is 0.697 bits per heavy atom. The Balaban J connectivity index is 1.75. The first-order chi connectivity index (χ1) is 15.5. The highest BCUT2D eigenvalue weighted by Crippen LogP contribution is 2.26. The van der Waals surface area contributed by atoms with Crippen LogP contribution in [0.15, 0.2) is 70.5 Å². The summed E-state index contributed by atoms with van der Waals surface area (Å²) in [4.78, 5) is 0.205. The molecule has 0 fully saturated rings. The molecule has 0 radical (unpaired) electrons. The van der Waals surface area contributed by atoms with Crippen LogP contribution in [-0.2, 0) is 26.5 Å². The zero-order valence-electron chi connectivity index (χ0n) is 19.3. The number of anilines is 2. The van der Waals surface area contributed by atoms with Crippen LogP contribution >= 0.6 is 0 Å². The number of sulfonamides is 2. The van der Waals surface area contributed by atoms with Crippen molar-refractivity contribution < 1.29 is 16.8 Å². The van der Waals surface area contributed by atoms with E-state index in [0.717, 1.165) is 41.5 Å². The van der Waals surface area contributed by atoms with Crippen molar-refractivity contribution in [3.05, 3.63) is 82.9 Å². The minimum atomic E-state index is -3.82. The second kappa shape index (κ2) is 9.97. The Morgan fingerprint density at radius 2 is 1.18 bits per heavy atom. The second-order valence-corrected chi connectivity index (χ2v) is 11.6. The van der Waals surface area contributed by atoms with Crippen molar-refractivity contribution in [3.8, 4) is 0 Å². The zero-order valence-corrected chi connectivity index (χ0v) is 21.0. The van der Waals surface area contributed by atoms with E-state index in [9.17, 15) is 16.8 Å². The fourth-order valence-electron chi connectivity index (χ4n) is 3.67. The van der Waals surface area contributed by atoms with Crippen LogP contribution in [0.1, 0.15) is 42.0 Å². The van der Waals surface area contributed by atoms with Gasteiger partial charge < -0.3 is 0 Å². The van der Waals surface area contributed by atoms with Crippen LogP contribution in [-0.4, -0.2) is 16.8 Å². The van der Waals surface area contributed by atoms with Crippen LogP contribution in [0, 0.1) is 20.8 Å². The number of unbranched alkanes of at least 4 members (excludes halogenated alkanes) is 1. The molecule has 0 aliphatic carbocycles. The van der Waals surface area contributed by atoms with Gasteiger partial charge in [-0.1, -0.05) is 43.2 Å². The molecule has 0 atom stereocenters. The lowest BCUT2D eigenvalue weighted by Crippen LogP contribution is -2.15. The van der Waals surface area contributed by atoms with E-state index >= 15 is 0 Å². The number of nitrogens with one attached hydrogen (secondary N) is 2. The minimum absolute atomic E-state index is 0.0464. The maximum atomic E-state index is 12.9. The first kappa shape index (κ1) is 24.8. The molecule has 8 heteroatoms. The molecule has 0 saturated carbocycles. The molecule has 0 saturated heterocycles. The second-order valence-electron chi connectivity index (χ2n) is 8.26. The third kappa shape index (κ3) is 6.15. The van der Waals surface area contributed by atoms with Crippen molar-refractivity contribution in [1.82, 2.24) is 0 Å². The third-order valence-corrected chi connectivity index (χ3v) is 8.15. The molecule has 3 aromatic carbocycles. The van der Waals surface area contributed by atoms with Gasteiger partial charge in [0.1, 0.15) is 0 Å². The van der Waals surface area contributed by atoms with Gasteiger partial charge in [-0.15, -0.1) is 0 Å². The molecule has 0 amide bonds. The highest BCUT2D eigenvalue weighted by atomic mass is 32.2. The Morgan fingerprint density at radius 3 is 1.70 bits per heavy atom. The number of hydrogen-bond donors (Lipinski definition) is 2. The molecular formula is C25H30N2O4S2. The predicted molar refractivity (Wildman–Crippen MR) is 134 cm³/mol. The molecule has 176 valence electrons. The van der Waals surface area contributed by atoms with E-state index in [1.807, 2.05) is 45.0 Å². The highest BCUT2D eigenvalue weighted by molar-refractivity contribution is 7.93. The monoisotopic (exact) mass is 486 g/mol. The fourth-order valence-corrected chi connectivity index (χ4v) is 5.93. The van der Waals surface area contributed by atoms with Gasteiger partial charge in [0.2, 0.25) is 0 Å². The number of hydrogen-bond acceptors (Lipinski definition) is 4. The van der Waals surface area contributed by atoms with Crippen molar-refractivity contribution in [2.45, 2.75) is 56.7 Å². The summed E-state index contributed by atoms with van der Waals surface area (Å²) in [5.41, 5.74) is 4.65. The van der Waals surface area contributed by atoms with Gasteiger partial charge in [-0.05, 0) is 86.7 Å². The van der Waals surface area contributed by atoms with Gasteiger partial charge in [0.15, 0.2) is 0 Å². The largest absolute Gasteiger partial charge is 0.280 e. The molecule has 0 aliphatic heterocycles. The third-order valence-electron chi connectivity index (χ3n) is 5.38. The topological polar surface area (TPSA) is 92.3 Å².